The molecule has 0 aromatic heterocycles. The average molecular weight is 281 g/mol. The molecule has 0 amide bonds. The molecule has 19 heavy (non-hydrogen) atoms. The Bertz CT molecular complexity index is 710. The summed E-state index contributed by atoms with van der Waals surface area (Å²) in [6.07, 6.45) is 3.43. The minimum Gasteiger partial charge on any atom is -0.384 e. The molecular weight excluding hydrogens is 266 g/mol. The van der Waals surface area contributed by atoms with Gasteiger partial charge in [-0.3, -0.25) is 4.55 Å². The van der Waals surface area contributed by atoms with Gasteiger partial charge >= 0.3 is 10.4 Å². The van der Waals surface area contributed by atoms with E-state index >= 15 is 0 Å². The summed E-state index contributed by atoms with van der Waals surface area (Å²) in [5.41, 5.74) is 1.15. The molecule has 5 nitrogen and oxygen atoms in total. The van der Waals surface area contributed by atoms with Gasteiger partial charge in [0.05, 0.1) is 6.10 Å². The molecule has 1 aromatic rings. The number of fused-ring (bicyclic) bond motifs is 2. The first kappa shape index (κ1) is 12.7. The second-order valence-electron chi connectivity index (χ2n) is 4.90. The molecule has 2 aliphatic rings. The Kier molecular flexibility index (Phi) is 3.08. The van der Waals surface area contributed by atoms with Gasteiger partial charge in [0, 0.05) is 12.2 Å². The molecule has 2 unspecified atom stereocenters. The van der Waals surface area contributed by atoms with Crippen molar-refractivity contribution in [2.45, 2.75) is 31.4 Å². The Morgan fingerprint density at radius 3 is 2.84 bits per heavy atom. The Morgan fingerprint density at radius 1 is 1.26 bits per heavy atom. The molecule has 1 heterocycles. The van der Waals surface area contributed by atoms with Gasteiger partial charge in [0.15, 0.2) is 0 Å². The molecule has 2 N–H and O–H groups in total. The second kappa shape index (κ2) is 4.63. The maximum atomic E-state index is 10.8. The summed E-state index contributed by atoms with van der Waals surface area (Å²) in [5.74, 6) is 0. The quantitative estimate of drug-likeness (QED) is 0.742. The molecular formula is C13H15NO4S. The molecule has 102 valence electrons. The topological polar surface area (TPSA) is 75.6 Å². The van der Waals surface area contributed by atoms with Gasteiger partial charge in [0.1, 0.15) is 0 Å². The van der Waals surface area contributed by atoms with E-state index in [1.54, 1.807) is 0 Å². The van der Waals surface area contributed by atoms with E-state index in [0.717, 1.165) is 22.4 Å². The Hall–Kier alpha value is -1.37. The van der Waals surface area contributed by atoms with E-state index in [1.165, 1.54) is 0 Å². The summed E-state index contributed by atoms with van der Waals surface area (Å²) in [6.45, 7) is 0. The fourth-order valence-electron chi connectivity index (χ4n) is 2.86. The van der Waals surface area contributed by atoms with Crippen LogP contribution in [-0.4, -0.2) is 25.1 Å². The summed E-state index contributed by atoms with van der Waals surface area (Å²) in [7, 11) is -4.38. The van der Waals surface area contributed by atoms with Crippen molar-refractivity contribution >= 4 is 22.2 Å². The molecule has 0 spiro atoms. The Labute approximate surface area is 111 Å². The van der Waals surface area contributed by atoms with Crippen LogP contribution in [0.5, 0.6) is 0 Å². The van der Waals surface area contributed by atoms with Crippen molar-refractivity contribution in [1.29, 1.82) is 0 Å². The zero-order chi connectivity index (χ0) is 13.5. The maximum absolute atomic E-state index is 10.8. The molecule has 6 heteroatoms. The van der Waals surface area contributed by atoms with Gasteiger partial charge in [0.25, 0.3) is 0 Å². The van der Waals surface area contributed by atoms with E-state index in [2.05, 4.69) is 5.32 Å². The van der Waals surface area contributed by atoms with Crippen LogP contribution in [0.3, 0.4) is 0 Å². The van der Waals surface area contributed by atoms with Crippen LogP contribution in [0.1, 0.15) is 19.3 Å². The van der Waals surface area contributed by atoms with Crippen LogP contribution >= 0.6 is 0 Å². The minimum absolute atomic E-state index is 0.233. The fraction of sp³-hybridized carbons (Fsp3) is 0.385. The minimum atomic E-state index is -4.38. The first-order valence-electron chi connectivity index (χ1n) is 6.23. The Morgan fingerprint density at radius 2 is 2.05 bits per heavy atom. The number of rotatable bonds is 2. The SMILES string of the molecule is O=S(=O)(O)OC1CCC2NC=c3ccccc3=C2C1. The summed E-state index contributed by atoms with van der Waals surface area (Å²) in [4.78, 5) is 0. The van der Waals surface area contributed by atoms with Crippen LogP contribution < -0.4 is 15.8 Å². The predicted octanol–water partition coefficient (Wildman–Crippen LogP) is -0.0810. The number of hydrogen-bond acceptors (Lipinski definition) is 4. The molecule has 1 fully saturated rings. The maximum Gasteiger partial charge on any atom is 0.397 e. The standard InChI is InChI=1S/C13H15NO4S/c15-19(16,17)18-10-5-6-13-12(7-10)11-4-2-1-3-9(11)8-14-13/h1-4,8,10,13-14H,5-7H2,(H,15,16,17). The average Bonchev–Trinajstić information content (AvgIpc) is 2.37. The van der Waals surface area contributed by atoms with Gasteiger partial charge in [0.2, 0.25) is 0 Å². The summed E-state index contributed by atoms with van der Waals surface area (Å²) < 4.78 is 35.1. The highest BCUT2D eigenvalue weighted by atomic mass is 32.3. The van der Waals surface area contributed by atoms with Crippen molar-refractivity contribution < 1.29 is 17.2 Å². The predicted molar refractivity (Wildman–Crippen MR) is 70.8 cm³/mol. The summed E-state index contributed by atoms with van der Waals surface area (Å²) in [6, 6.07) is 8.21. The monoisotopic (exact) mass is 281 g/mol. The fourth-order valence-corrected chi connectivity index (χ4v) is 3.37. The van der Waals surface area contributed by atoms with Gasteiger partial charge in [-0.05, 0) is 35.3 Å². The van der Waals surface area contributed by atoms with Crippen molar-refractivity contribution in [3.8, 4) is 0 Å². The van der Waals surface area contributed by atoms with Crippen LogP contribution in [-0.2, 0) is 14.6 Å². The molecule has 0 radical (unpaired) electrons. The van der Waals surface area contributed by atoms with Crippen molar-refractivity contribution in [2.24, 2.45) is 0 Å². The van der Waals surface area contributed by atoms with Gasteiger partial charge in [-0.25, -0.2) is 4.18 Å². The van der Waals surface area contributed by atoms with Crippen molar-refractivity contribution in [3.63, 3.8) is 0 Å². The zero-order valence-electron chi connectivity index (χ0n) is 10.2. The molecule has 0 saturated heterocycles. The molecule has 1 aliphatic carbocycles. The van der Waals surface area contributed by atoms with Crippen LogP contribution in [0.4, 0.5) is 0 Å². The highest BCUT2D eigenvalue weighted by Gasteiger charge is 2.29. The number of hydrogen-bond donors (Lipinski definition) is 2. The summed E-state index contributed by atoms with van der Waals surface area (Å²) in [5, 5.41) is 5.56. The van der Waals surface area contributed by atoms with E-state index in [4.69, 9.17) is 8.74 Å². The van der Waals surface area contributed by atoms with E-state index in [9.17, 15) is 8.42 Å². The van der Waals surface area contributed by atoms with E-state index < -0.39 is 16.5 Å². The lowest BCUT2D eigenvalue weighted by molar-refractivity contribution is 0.162. The second-order valence-corrected chi connectivity index (χ2v) is 5.95. The first-order valence-corrected chi connectivity index (χ1v) is 7.59. The largest absolute Gasteiger partial charge is 0.397 e. The lowest BCUT2D eigenvalue weighted by Gasteiger charge is -2.32. The third-order valence-electron chi connectivity index (χ3n) is 3.65. The van der Waals surface area contributed by atoms with E-state index in [1.807, 2.05) is 30.5 Å². The van der Waals surface area contributed by atoms with Crippen LogP contribution in [0.2, 0.25) is 0 Å². The van der Waals surface area contributed by atoms with Gasteiger partial charge in [-0.2, -0.15) is 8.42 Å². The molecule has 1 aromatic carbocycles. The molecule has 2 atom stereocenters. The van der Waals surface area contributed by atoms with E-state index in [0.29, 0.717) is 12.8 Å². The van der Waals surface area contributed by atoms with Crippen LogP contribution in [0.25, 0.3) is 11.8 Å². The first-order chi connectivity index (χ1) is 9.03. The lowest BCUT2D eigenvalue weighted by Crippen LogP contribution is -2.46. The van der Waals surface area contributed by atoms with E-state index in [-0.39, 0.29) is 6.04 Å². The van der Waals surface area contributed by atoms with Gasteiger partial charge in [-0.1, -0.05) is 24.3 Å². The van der Waals surface area contributed by atoms with Gasteiger partial charge in [-0.15, -0.1) is 0 Å². The molecule has 3 rings (SSSR count). The van der Waals surface area contributed by atoms with Crippen LogP contribution in [0.15, 0.2) is 24.3 Å². The molecule has 1 aliphatic heterocycles. The third-order valence-corrected chi connectivity index (χ3v) is 4.17. The highest BCUT2D eigenvalue weighted by Crippen LogP contribution is 2.27. The third kappa shape index (κ3) is 2.65. The highest BCUT2D eigenvalue weighted by molar-refractivity contribution is 7.80. The Balaban J connectivity index is 1.99. The van der Waals surface area contributed by atoms with Gasteiger partial charge < -0.3 is 5.32 Å². The number of nitrogens with one attached hydrogen (secondary N) is 1. The number of benzene rings is 1. The lowest BCUT2D eigenvalue weighted by atomic mass is 9.85. The van der Waals surface area contributed by atoms with Crippen molar-refractivity contribution in [1.82, 2.24) is 5.32 Å². The van der Waals surface area contributed by atoms with Crippen molar-refractivity contribution in [3.05, 3.63) is 34.7 Å². The summed E-state index contributed by atoms with van der Waals surface area (Å²) >= 11 is 0. The molecule has 1 saturated carbocycles. The van der Waals surface area contributed by atoms with Crippen LogP contribution in [0, 0.1) is 0 Å². The zero-order valence-corrected chi connectivity index (χ0v) is 11.1. The smallest absolute Gasteiger partial charge is 0.384 e. The molecule has 0 bridgehead atoms. The normalized spacial score (nSPS) is 25.8. The van der Waals surface area contributed by atoms with Crippen molar-refractivity contribution in [2.75, 3.05) is 0 Å².